The maximum atomic E-state index is 5.45. The van der Waals surface area contributed by atoms with E-state index in [-0.39, 0.29) is 0 Å². The molecule has 1 fully saturated rings. The summed E-state index contributed by atoms with van der Waals surface area (Å²) in [5.41, 5.74) is 2.12. The van der Waals surface area contributed by atoms with Crippen molar-refractivity contribution in [1.82, 2.24) is 5.01 Å². The molecular formula is C20H25N3O3. The van der Waals surface area contributed by atoms with Crippen LogP contribution in [-0.4, -0.2) is 58.7 Å². The van der Waals surface area contributed by atoms with Gasteiger partial charge in [-0.25, -0.2) is 0 Å². The van der Waals surface area contributed by atoms with E-state index in [1.165, 1.54) is 5.69 Å². The van der Waals surface area contributed by atoms with Crippen molar-refractivity contribution in [2.75, 3.05) is 52.4 Å². The molecule has 1 aliphatic rings. The molecule has 0 aliphatic carbocycles. The van der Waals surface area contributed by atoms with Gasteiger partial charge < -0.3 is 19.1 Å². The summed E-state index contributed by atoms with van der Waals surface area (Å²) >= 11 is 0. The molecule has 0 saturated carbocycles. The standard InChI is InChI=1S/C20H25N3O3/c1-24-18-14-20(26-3)19(25-2)13-16(18)15-21-23-11-9-22(10-12-23)17-7-5-4-6-8-17/h4-8,13-15H,9-12H2,1-3H3. The van der Waals surface area contributed by atoms with E-state index in [0.29, 0.717) is 17.2 Å². The first-order valence-corrected chi connectivity index (χ1v) is 8.64. The largest absolute Gasteiger partial charge is 0.496 e. The molecule has 0 aromatic heterocycles. The first kappa shape index (κ1) is 17.9. The number of methoxy groups -OCH3 is 3. The highest BCUT2D eigenvalue weighted by Gasteiger charge is 2.16. The Balaban J connectivity index is 1.67. The van der Waals surface area contributed by atoms with Crippen molar-refractivity contribution in [3.05, 3.63) is 48.0 Å². The highest BCUT2D eigenvalue weighted by Crippen LogP contribution is 2.33. The maximum absolute atomic E-state index is 5.45. The van der Waals surface area contributed by atoms with E-state index in [4.69, 9.17) is 14.2 Å². The second-order valence-corrected chi connectivity index (χ2v) is 5.97. The number of piperazine rings is 1. The molecule has 26 heavy (non-hydrogen) atoms. The smallest absolute Gasteiger partial charge is 0.164 e. The van der Waals surface area contributed by atoms with E-state index in [1.807, 2.05) is 24.4 Å². The predicted octanol–water partition coefficient (Wildman–Crippen LogP) is 2.87. The molecule has 138 valence electrons. The molecule has 0 amide bonds. The summed E-state index contributed by atoms with van der Waals surface area (Å²) in [6.45, 7) is 3.65. The number of nitrogens with zero attached hydrogens (tertiary/aromatic N) is 3. The number of rotatable bonds is 6. The Bertz CT molecular complexity index is 741. The lowest BCUT2D eigenvalue weighted by atomic mass is 10.2. The van der Waals surface area contributed by atoms with Gasteiger partial charge in [0.25, 0.3) is 0 Å². The Labute approximate surface area is 154 Å². The zero-order valence-corrected chi connectivity index (χ0v) is 15.5. The number of benzene rings is 2. The molecule has 3 rings (SSSR count). The van der Waals surface area contributed by atoms with Crippen LogP contribution in [-0.2, 0) is 0 Å². The van der Waals surface area contributed by atoms with Crippen molar-refractivity contribution in [2.45, 2.75) is 0 Å². The summed E-state index contributed by atoms with van der Waals surface area (Å²) in [5.74, 6) is 2.00. The van der Waals surface area contributed by atoms with Gasteiger partial charge in [-0.15, -0.1) is 0 Å². The van der Waals surface area contributed by atoms with Gasteiger partial charge in [-0.1, -0.05) is 18.2 Å². The zero-order chi connectivity index (χ0) is 18.4. The SMILES string of the molecule is COc1cc(OC)c(OC)cc1C=NN1CCN(c2ccccc2)CC1. The van der Waals surface area contributed by atoms with Crippen molar-refractivity contribution in [3.63, 3.8) is 0 Å². The summed E-state index contributed by atoms with van der Waals surface area (Å²) in [6, 6.07) is 14.2. The molecule has 0 spiro atoms. The molecule has 1 heterocycles. The van der Waals surface area contributed by atoms with Gasteiger partial charge in [0.2, 0.25) is 0 Å². The molecule has 0 bridgehead atoms. The number of para-hydroxylation sites is 1. The van der Waals surface area contributed by atoms with Crippen LogP contribution in [0, 0.1) is 0 Å². The van der Waals surface area contributed by atoms with Crippen molar-refractivity contribution in [2.24, 2.45) is 5.10 Å². The molecular weight excluding hydrogens is 330 g/mol. The van der Waals surface area contributed by atoms with Crippen LogP contribution in [0.25, 0.3) is 0 Å². The fourth-order valence-corrected chi connectivity index (χ4v) is 3.01. The third-order valence-corrected chi connectivity index (χ3v) is 4.47. The van der Waals surface area contributed by atoms with E-state index in [2.05, 4.69) is 39.3 Å². The lowest BCUT2D eigenvalue weighted by Crippen LogP contribution is -2.44. The summed E-state index contributed by atoms with van der Waals surface area (Å²) in [4.78, 5) is 2.38. The van der Waals surface area contributed by atoms with Crippen LogP contribution < -0.4 is 19.1 Å². The van der Waals surface area contributed by atoms with Crippen LogP contribution in [0.1, 0.15) is 5.56 Å². The lowest BCUT2D eigenvalue weighted by molar-refractivity contribution is 0.272. The predicted molar refractivity (Wildman–Crippen MR) is 104 cm³/mol. The quantitative estimate of drug-likeness (QED) is 0.746. The summed E-state index contributed by atoms with van der Waals surface area (Å²) in [5, 5.41) is 6.71. The number of anilines is 1. The van der Waals surface area contributed by atoms with Crippen LogP contribution >= 0.6 is 0 Å². The van der Waals surface area contributed by atoms with Gasteiger partial charge in [0.1, 0.15) is 5.75 Å². The highest BCUT2D eigenvalue weighted by atomic mass is 16.5. The Morgan fingerprint density at radius 3 is 2.04 bits per heavy atom. The third-order valence-electron chi connectivity index (χ3n) is 4.47. The third kappa shape index (κ3) is 4.02. The van der Waals surface area contributed by atoms with Gasteiger partial charge in [0, 0.05) is 30.4 Å². The van der Waals surface area contributed by atoms with Crippen molar-refractivity contribution >= 4 is 11.9 Å². The lowest BCUT2D eigenvalue weighted by Gasteiger charge is -2.34. The van der Waals surface area contributed by atoms with E-state index in [0.717, 1.165) is 31.7 Å². The van der Waals surface area contributed by atoms with E-state index in [1.54, 1.807) is 21.3 Å². The maximum Gasteiger partial charge on any atom is 0.164 e. The molecule has 2 aromatic rings. The van der Waals surface area contributed by atoms with Gasteiger partial charge in [0.15, 0.2) is 11.5 Å². The Kier molecular flexibility index (Phi) is 5.84. The summed E-state index contributed by atoms with van der Waals surface area (Å²) in [7, 11) is 4.86. The van der Waals surface area contributed by atoms with Crippen LogP contribution in [0.2, 0.25) is 0 Å². The molecule has 1 aliphatic heterocycles. The summed E-state index contributed by atoms with van der Waals surface area (Å²) in [6.07, 6.45) is 1.82. The van der Waals surface area contributed by atoms with Crippen molar-refractivity contribution < 1.29 is 14.2 Å². The molecule has 6 heteroatoms. The molecule has 2 aromatic carbocycles. The topological polar surface area (TPSA) is 46.5 Å². The van der Waals surface area contributed by atoms with Gasteiger partial charge in [-0.2, -0.15) is 5.10 Å². The minimum atomic E-state index is 0.637. The Morgan fingerprint density at radius 2 is 1.42 bits per heavy atom. The van der Waals surface area contributed by atoms with E-state index < -0.39 is 0 Å². The van der Waals surface area contributed by atoms with Gasteiger partial charge in [-0.05, 0) is 18.2 Å². The minimum Gasteiger partial charge on any atom is -0.496 e. The highest BCUT2D eigenvalue weighted by molar-refractivity contribution is 5.85. The first-order chi connectivity index (χ1) is 12.7. The van der Waals surface area contributed by atoms with Gasteiger partial charge in [0.05, 0.1) is 40.6 Å². The van der Waals surface area contributed by atoms with Crippen molar-refractivity contribution in [1.29, 1.82) is 0 Å². The number of hydrazone groups is 1. The van der Waals surface area contributed by atoms with Crippen LogP contribution in [0.4, 0.5) is 5.69 Å². The molecule has 0 unspecified atom stereocenters. The summed E-state index contributed by atoms with van der Waals surface area (Å²) < 4.78 is 16.1. The fraction of sp³-hybridized carbons (Fsp3) is 0.350. The van der Waals surface area contributed by atoms with Crippen LogP contribution in [0.3, 0.4) is 0 Å². The average molecular weight is 355 g/mol. The second-order valence-electron chi connectivity index (χ2n) is 5.97. The second kappa shape index (κ2) is 8.47. The van der Waals surface area contributed by atoms with Gasteiger partial charge >= 0.3 is 0 Å². The molecule has 0 radical (unpaired) electrons. The molecule has 0 N–H and O–H groups in total. The van der Waals surface area contributed by atoms with Crippen LogP contribution in [0.15, 0.2) is 47.6 Å². The fourth-order valence-electron chi connectivity index (χ4n) is 3.01. The molecule has 1 saturated heterocycles. The van der Waals surface area contributed by atoms with Gasteiger partial charge in [-0.3, -0.25) is 5.01 Å². The van der Waals surface area contributed by atoms with Crippen molar-refractivity contribution in [3.8, 4) is 17.2 Å². The van der Waals surface area contributed by atoms with E-state index in [9.17, 15) is 0 Å². The normalized spacial score (nSPS) is 14.6. The van der Waals surface area contributed by atoms with Crippen LogP contribution in [0.5, 0.6) is 17.2 Å². The Morgan fingerprint density at radius 1 is 0.808 bits per heavy atom. The zero-order valence-electron chi connectivity index (χ0n) is 15.5. The Hall–Kier alpha value is -2.89. The minimum absolute atomic E-state index is 0.637. The number of ether oxygens (including phenoxy) is 3. The number of hydrogen-bond donors (Lipinski definition) is 0. The molecule has 0 atom stereocenters. The molecule has 6 nitrogen and oxygen atoms in total. The monoisotopic (exact) mass is 355 g/mol. The number of hydrogen-bond acceptors (Lipinski definition) is 6. The van der Waals surface area contributed by atoms with E-state index >= 15 is 0 Å². The first-order valence-electron chi connectivity index (χ1n) is 8.64. The average Bonchev–Trinajstić information content (AvgIpc) is 2.72.